The molecular formula is C13H15ClN2O. The van der Waals surface area contributed by atoms with Crippen LogP contribution in [0.3, 0.4) is 0 Å². The first-order chi connectivity index (χ1) is 8.04. The van der Waals surface area contributed by atoms with Crippen molar-refractivity contribution < 1.29 is 4.74 Å². The summed E-state index contributed by atoms with van der Waals surface area (Å²) in [6.07, 6.45) is 0. The minimum absolute atomic E-state index is 0.765. The molecule has 0 aliphatic rings. The van der Waals surface area contributed by atoms with Crippen molar-refractivity contribution in [3.05, 3.63) is 34.0 Å². The third-order valence-corrected chi connectivity index (χ3v) is 3.41. The molecule has 0 spiro atoms. The van der Waals surface area contributed by atoms with Gasteiger partial charge >= 0.3 is 0 Å². The Labute approximate surface area is 106 Å². The first-order valence-corrected chi connectivity index (χ1v) is 5.78. The molecule has 2 aromatic rings. The third-order valence-electron chi connectivity index (χ3n) is 2.83. The minimum atomic E-state index is 0.765. The molecule has 17 heavy (non-hydrogen) atoms. The Morgan fingerprint density at radius 1 is 1.24 bits per heavy atom. The molecule has 90 valence electrons. The van der Waals surface area contributed by atoms with Crippen LogP contribution in [-0.2, 0) is 0 Å². The highest BCUT2D eigenvalue weighted by molar-refractivity contribution is 6.32. The molecule has 0 atom stereocenters. The number of H-pyrrole nitrogens is 1. The Hall–Kier alpha value is -1.48. The van der Waals surface area contributed by atoms with Crippen LogP contribution in [0.25, 0.3) is 11.3 Å². The highest BCUT2D eigenvalue weighted by Crippen LogP contribution is 2.38. The monoisotopic (exact) mass is 250 g/mol. The zero-order chi connectivity index (χ0) is 12.6. The van der Waals surface area contributed by atoms with Gasteiger partial charge in [-0.05, 0) is 44.0 Å². The zero-order valence-electron chi connectivity index (χ0n) is 10.4. The Kier molecular flexibility index (Phi) is 3.11. The molecule has 0 aliphatic heterocycles. The highest BCUT2D eigenvalue weighted by Gasteiger charge is 2.16. The SMILES string of the molecule is COc1cc(C)c(Cl)c(C)c1-c1cc(C)[nH]n1. The quantitative estimate of drug-likeness (QED) is 0.883. The van der Waals surface area contributed by atoms with Gasteiger partial charge in [0.05, 0.1) is 12.8 Å². The first-order valence-electron chi connectivity index (χ1n) is 5.40. The summed E-state index contributed by atoms with van der Waals surface area (Å²) in [7, 11) is 1.66. The van der Waals surface area contributed by atoms with E-state index in [0.29, 0.717) is 0 Å². The van der Waals surface area contributed by atoms with E-state index in [1.165, 1.54) is 0 Å². The Morgan fingerprint density at radius 3 is 2.47 bits per heavy atom. The van der Waals surface area contributed by atoms with Gasteiger partial charge < -0.3 is 4.74 Å². The van der Waals surface area contributed by atoms with Gasteiger partial charge in [0.25, 0.3) is 0 Å². The molecule has 0 saturated heterocycles. The number of aromatic amines is 1. The summed E-state index contributed by atoms with van der Waals surface area (Å²) >= 11 is 6.27. The maximum Gasteiger partial charge on any atom is 0.128 e. The van der Waals surface area contributed by atoms with Crippen LogP contribution >= 0.6 is 11.6 Å². The summed E-state index contributed by atoms with van der Waals surface area (Å²) in [5.74, 6) is 0.802. The van der Waals surface area contributed by atoms with E-state index < -0.39 is 0 Å². The van der Waals surface area contributed by atoms with Crippen molar-refractivity contribution in [2.24, 2.45) is 0 Å². The predicted octanol–water partition coefficient (Wildman–Crippen LogP) is 3.66. The number of aryl methyl sites for hydroxylation is 2. The fraction of sp³-hybridized carbons (Fsp3) is 0.308. The van der Waals surface area contributed by atoms with Crippen molar-refractivity contribution in [2.45, 2.75) is 20.8 Å². The minimum Gasteiger partial charge on any atom is -0.496 e. The summed E-state index contributed by atoms with van der Waals surface area (Å²) in [5.41, 5.74) is 4.83. The standard InChI is InChI=1S/C13H15ClN2O/c1-7-5-11(17-4)12(9(3)13(7)14)10-6-8(2)15-16-10/h5-6H,1-4H3,(H,15,16). The van der Waals surface area contributed by atoms with E-state index in [4.69, 9.17) is 16.3 Å². The van der Waals surface area contributed by atoms with E-state index in [1.807, 2.05) is 32.9 Å². The molecule has 0 unspecified atom stereocenters. The van der Waals surface area contributed by atoms with Crippen LogP contribution in [-0.4, -0.2) is 17.3 Å². The van der Waals surface area contributed by atoms with Crippen molar-refractivity contribution in [1.82, 2.24) is 10.2 Å². The Morgan fingerprint density at radius 2 is 1.94 bits per heavy atom. The van der Waals surface area contributed by atoms with Crippen LogP contribution in [0.15, 0.2) is 12.1 Å². The van der Waals surface area contributed by atoms with Crippen LogP contribution in [0.2, 0.25) is 5.02 Å². The smallest absolute Gasteiger partial charge is 0.128 e. The van der Waals surface area contributed by atoms with E-state index in [0.717, 1.165) is 38.9 Å². The maximum atomic E-state index is 6.27. The summed E-state index contributed by atoms with van der Waals surface area (Å²) in [4.78, 5) is 0. The van der Waals surface area contributed by atoms with Gasteiger partial charge in [0, 0.05) is 16.3 Å². The fourth-order valence-corrected chi connectivity index (χ4v) is 2.10. The molecular weight excluding hydrogens is 236 g/mol. The lowest BCUT2D eigenvalue weighted by Crippen LogP contribution is -1.94. The van der Waals surface area contributed by atoms with E-state index in [9.17, 15) is 0 Å². The lowest BCUT2D eigenvalue weighted by molar-refractivity contribution is 0.415. The molecule has 0 saturated carbocycles. The normalized spacial score (nSPS) is 10.6. The van der Waals surface area contributed by atoms with Gasteiger partial charge in [0.1, 0.15) is 5.75 Å². The van der Waals surface area contributed by atoms with Crippen molar-refractivity contribution in [1.29, 1.82) is 0 Å². The fourth-order valence-electron chi connectivity index (χ4n) is 1.95. The van der Waals surface area contributed by atoms with Gasteiger partial charge in [-0.15, -0.1) is 0 Å². The number of hydrogen-bond acceptors (Lipinski definition) is 2. The number of rotatable bonds is 2. The van der Waals surface area contributed by atoms with E-state index in [1.54, 1.807) is 7.11 Å². The van der Waals surface area contributed by atoms with Gasteiger partial charge in [-0.1, -0.05) is 11.6 Å². The summed E-state index contributed by atoms with van der Waals surface area (Å²) < 4.78 is 5.41. The van der Waals surface area contributed by atoms with Gasteiger partial charge in [-0.2, -0.15) is 5.10 Å². The van der Waals surface area contributed by atoms with Crippen molar-refractivity contribution in [3.63, 3.8) is 0 Å². The van der Waals surface area contributed by atoms with Crippen LogP contribution < -0.4 is 4.74 Å². The molecule has 1 aromatic carbocycles. The second-order valence-electron chi connectivity index (χ2n) is 4.15. The van der Waals surface area contributed by atoms with Crippen LogP contribution in [0.4, 0.5) is 0 Å². The molecule has 2 rings (SSSR count). The first kappa shape index (κ1) is 12.0. The average molecular weight is 251 g/mol. The number of nitrogens with zero attached hydrogens (tertiary/aromatic N) is 1. The van der Waals surface area contributed by atoms with Crippen LogP contribution in [0, 0.1) is 20.8 Å². The Balaban J connectivity index is 2.71. The lowest BCUT2D eigenvalue weighted by Gasteiger charge is -2.13. The van der Waals surface area contributed by atoms with Crippen LogP contribution in [0.1, 0.15) is 16.8 Å². The number of aromatic nitrogens is 2. The van der Waals surface area contributed by atoms with E-state index >= 15 is 0 Å². The summed E-state index contributed by atoms with van der Waals surface area (Å²) in [5, 5.41) is 7.96. The highest BCUT2D eigenvalue weighted by atomic mass is 35.5. The topological polar surface area (TPSA) is 37.9 Å². The molecule has 0 bridgehead atoms. The van der Waals surface area contributed by atoms with Gasteiger partial charge in [-0.25, -0.2) is 0 Å². The van der Waals surface area contributed by atoms with Gasteiger partial charge in [0.2, 0.25) is 0 Å². The summed E-state index contributed by atoms with van der Waals surface area (Å²) in [6, 6.07) is 3.92. The molecule has 3 nitrogen and oxygen atoms in total. The molecule has 1 heterocycles. The number of hydrogen-bond donors (Lipinski definition) is 1. The number of halogens is 1. The molecule has 0 amide bonds. The van der Waals surface area contributed by atoms with Crippen molar-refractivity contribution in [2.75, 3.05) is 7.11 Å². The van der Waals surface area contributed by atoms with E-state index in [-0.39, 0.29) is 0 Å². The molecule has 4 heteroatoms. The molecule has 0 radical (unpaired) electrons. The lowest BCUT2D eigenvalue weighted by atomic mass is 10.0. The molecule has 0 aliphatic carbocycles. The summed E-state index contributed by atoms with van der Waals surface area (Å²) in [6.45, 7) is 5.92. The number of ether oxygens (including phenoxy) is 1. The predicted molar refractivity (Wildman–Crippen MR) is 69.8 cm³/mol. The average Bonchev–Trinajstić information content (AvgIpc) is 2.71. The second kappa shape index (κ2) is 4.41. The largest absolute Gasteiger partial charge is 0.496 e. The number of benzene rings is 1. The molecule has 1 N–H and O–H groups in total. The van der Waals surface area contributed by atoms with Crippen LogP contribution in [0.5, 0.6) is 5.75 Å². The van der Waals surface area contributed by atoms with Gasteiger partial charge in [-0.3, -0.25) is 5.10 Å². The molecule has 0 fully saturated rings. The van der Waals surface area contributed by atoms with Crippen molar-refractivity contribution in [3.8, 4) is 17.0 Å². The third kappa shape index (κ3) is 2.03. The molecule has 1 aromatic heterocycles. The second-order valence-corrected chi connectivity index (χ2v) is 4.52. The zero-order valence-corrected chi connectivity index (χ0v) is 11.1. The van der Waals surface area contributed by atoms with E-state index in [2.05, 4.69) is 10.2 Å². The number of nitrogens with one attached hydrogen (secondary N) is 1. The van der Waals surface area contributed by atoms with Gasteiger partial charge in [0.15, 0.2) is 0 Å². The maximum absolute atomic E-state index is 6.27. The van der Waals surface area contributed by atoms with Crippen molar-refractivity contribution >= 4 is 11.6 Å². The number of methoxy groups -OCH3 is 1. The Bertz CT molecular complexity index is 561.